The Morgan fingerprint density at radius 1 is 1.17 bits per heavy atom. The number of nitro benzene ring substituents is 1. The number of cyclic esters (lactones) is 1. The lowest BCUT2D eigenvalue weighted by Gasteiger charge is -2.15. The predicted octanol–water partition coefficient (Wildman–Crippen LogP) is 6.48. The first-order chi connectivity index (χ1) is 17.3. The molecule has 0 bridgehead atoms. The number of benzene rings is 3. The lowest BCUT2D eigenvalue weighted by Crippen LogP contribution is -2.06. The molecule has 184 valence electrons. The minimum atomic E-state index is -0.671. The van der Waals surface area contributed by atoms with Gasteiger partial charge < -0.3 is 14.2 Å². The average Bonchev–Trinajstić information content (AvgIpc) is 3.20. The Morgan fingerprint density at radius 2 is 1.94 bits per heavy atom. The van der Waals surface area contributed by atoms with Crippen LogP contribution < -0.4 is 9.47 Å². The highest BCUT2D eigenvalue weighted by Gasteiger charge is 2.26. The Hall–Kier alpha value is -3.44. The molecular weight excluding hydrogens is 599 g/mol. The highest BCUT2D eigenvalue weighted by molar-refractivity contribution is 14.1. The third-order valence-corrected chi connectivity index (χ3v) is 6.40. The maximum Gasteiger partial charge on any atom is 0.363 e. The normalized spacial score (nSPS) is 13.9. The molecule has 0 saturated heterocycles. The van der Waals surface area contributed by atoms with Gasteiger partial charge in [-0.05, 0) is 83.5 Å². The van der Waals surface area contributed by atoms with Gasteiger partial charge in [0.1, 0.15) is 11.6 Å². The van der Waals surface area contributed by atoms with Crippen molar-refractivity contribution >= 4 is 57.8 Å². The van der Waals surface area contributed by atoms with E-state index >= 15 is 0 Å². The molecular formula is C26H20ClIN2O6. The van der Waals surface area contributed by atoms with Crippen LogP contribution in [0.15, 0.2) is 65.3 Å². The third-order valence-electron chi connectivity index (χ3n) is 5.28. The van der Waals surface area contributed by atoms with Gasteiger partial charge in [-0.15, -0.1) is 0 Å². The highest BCUT2D eigenvalue weighted by atomic mass is 127. The summed E-state index contributed by atoms with van der Waals surface area (Å²) in [6.45, 7) is 4.71. The number of aryl methyl sites for hydroxylation is 1. The van der Waals surface area contributed by atoms with E-state index in [1.807, 2.05) is 44.2 Å². The third kappa shape index (κ3) is 5.68. The molecule has 0 spiro atoms. The Morgan fingerprint density at radius 3 is 2.67 bits per heavy atom. The van der Waals surface area contributed by atoms with Gasteiger partial charge in [0.15, 0.2) is 17.2 Å². The van der Waals surface area contributed by atoms with Crippen molar-refractivity contribution in [1.82, 2.24) is 0 Å². The molecule has 0 unspecified atom stereocenters. The Kier molecular flexibility index (Phi) is 7.90. The molecule has 3 aromatic carbocycles. The van der Waals surface area contributed by atoms with Gasteiger partial charge in [-0.2, -0.15) is 0 Å². The topological polar surface area (TPSA) is 100 Å². The zero-order valence-corrected chi connectivity index (χ0v) is 22.2. The fourth-order valence-electron chi connectivity index (χ4n) is 3.47. The molecule has 8 nitrogen and oxygen atoms in total. The summed E-state index contributed by atoms with van der Waals surface area (Å²) in [5.74, 6) is 0.433. The number of ether oxygens (including phenoxy) is 3. The molecule has 4 rings (SSSR count). The molecule has 0 amide bonds. The molecule has 0 saturated carbocycles. The quantitative estimate of drug-likeness (QED) is 0.0942. The molecule has 0 aromatic heterocycles. The van der Waals surface area contributed by atoms with Gasteiger partial charge in [0.2, 0.25) is 5.90 Å². The van der Waals surface area contributed by atoms with Gasteiger partial charge in [-0.3, -0.25) is 10.1 Å². The van der Waals surface area contributed by atoms with E-state index in [2.05, 4.69) is 27.6 Å². The van der Waals surface area contributed by atoms with Gasteiger partial charge in [0.05, 0.1) is 15.1 Å². The van der Waals surface area contributed by atoms with E-state index in [0.29, 0.717) is 30.3 Å². The monoisotopic (exact) mass is 618 g/mol. The number of carbonyl (C=O) groups is 1. The smallest absolute Gasteiger partial charge is 0.363 e. The van der Waals surface area contributed by atoms with Crippen molar-refractivity contribution < 1.29 is 23.9 Å². The number of hydrogen-bond acceptors (Lipinski definition) is 7. The summed E-state index contributed by atoms with van der Waals surface area (Å²) in [5.41, 5.74) is 2.88. The Balaban J connectivity index is 1.63. The minimum absolute atomic E-state index is 0.0211. The maximum absolute atomic E-state index is 12.5. The SMILES string of the molecule is CCOc1cc(/C=C2\N=C(c3ccc(Cl)c([N+](=O)[O-])c3)OC2=O)cc(I)c1OCc1ccccc1C. The second kappa shape index (κ2) is 11.1. The van der Waals surface area contributed by atoms with Crippen LogP contribution in [-0.4, -0.2) is 23.4 Å². The number of nitro groups is 1. The van der Waals surface area contributed by atoms with Crippen molar-refractivity contribution in [3.8, 4) is 11.5 Å². The summed E-state index contributed by atoms with van der Waals surface area (Å²) in [6, 6.07) is 15.7. The lowest BCUT2D eigenvalue weighted by molar-refractivity contribution is -0.384. The second-order valence-electron chi connectivity index (χ2n) is 7.74. The number of nitrogens with zero attached hydrogens (tertiary/aromatic N) is 2. The number of esters is 1. The van der Waals surface area contributed by atoms with E-state index in [1.54, 1.807) is 12.1 Å². The molecule has 0 fully saturated rings. The maximum atomic E-state index is 12.5. The molecule has 3 aromatic rings. The van der Waals surface area contributed by atoms with Crippen molar-refractivity contribution in [2.24, 2.45) is 4.99 Å². The average molecular weight is 619 g/mol. The largest absolute Gasteiger partial charge is 0.490 e. The first-order valence-electron chi connectivity index (χ1n) is 10.9. The summed E-state index contributed by atoms with van der Waals surface area (Å²) >= 11 is 8.03. The number of carbonyl (C=O) groups excluding carboxylic acids is 1. The minimum Gasteiger partial charge on any atom is -0.490 e. The fraction of sp³-hybridized carbons (Fsp3) is 0.154. The van der Waals surface area contributed by atoms with E-state index in [9.17, 15) is 14.9 Å². The molecule has 0 aliphatic carbocycles. The lowest BCUT2D eigenvalue weighted by atomic mass is 10.1. The molecule has 1 aliphatic heterocycles. The number of rotatable bonds is 8. The first-order valence-corrected chi connectivity index (χ1v) is 12.3. The molecule has 1 aliphatic rings. The summed E-state index contributed by atoms with van der Waals surface area (Å²) in [6.07, 6.45) is 1.56. The highest BCUT2D eigenvalue weighted by Crippen LogP contribution is 2.36. The molecule has 0 N–H and O–H groups in total. The van der Waals surface area contributed by atoms with Gasteiger partial charge in [0.25, 0.3) is 5.69 Å². The zero-order valence-electron chi connectivity index (χ0n) is 19.3. The van der Waals surface area contributed by atoms with E-state index in [4.69, 9.17) is 25.8 Å². The first kappa shape index (κ1) is 25.6. The molecule has 36 heavy (non-hydrogen) atoms. The molecule has 0 atom stereocenters. The molecule has 0 radical (unpaired) electrons. The molecule has 10 heteroatoms. The van der Waals surface area contributed by atoms with Gasteiger partial charge >= 0.3 is 5.97 Å². The number of aliphatic imine (C=N–C) groups is 1. The van der Waals surface area contributed by atoms with Crippen LogP contribution in [0.2, 0.25) is 5.02 Å². The summed E-state index contributed by atoms with van der Waals surface area (Å²) in [5, 5.41) is 11.2. The fourth-order valence-corrected chi connectivity index (χ4v) is 4.44. The van der Waals surface area contributed by atoms with Crippen LogP contribution in [-0.2, 0) is 16.1 Å². The van der Waals surface area contributed by atoms with Gasteiger partial charge in [-0.1, -0.05) is 35.9 Å². The summed E-state index contributed by atoms with van der Waals surface area (Å²) in [4.78, 5) is 27.3. The Labute approximate surface area is 225 Å². The Bertz CT molecular complexity index is 1420. The van der Waals surface area contributed by atoms with Crippen molar-refractivity contribution in [2.45, 2.75) is 20.5 Å². The van der Waals surface area contributed by atoms with Crippen molar-refractivity contribution in [3.05, 3.63) is 101 Å². The van der Waals surface area contributed by atoms with Crippen LogP contribution in [0.3, 0.4) is 0 Å². The van der Waals surface area contributed by atoms with Crippen LogP contribution in [0.4, 0.5) is 5.69 Å². The second-order valence-corrected chi connectivity index (χ2v) is 9.31. The van der Waals surface area contributed by atoms with Crippen molar-refractivity contribution in [1.29, 1.82) is 0 Å². The van der Waals surface area contributed by atoms with Crippen molar-refractivity contribution in [3.63, 3.8) is 0 Å². The van der Waals surface area contributed by atoms with Crippen LogP contribution in [0.1, 0.15) is 29.2 Å². The van der Waals surface area contributed by atoms with Crippen LogP contribution in [0, 0.1) is 20.6 Å². The van der Waals surface area contributed by atoms with E-state index in [0.717, 1.165) is 14.7 Å². The van der Waals surface area contributed by atoms with E-state index < -0.39 is 10.9 Å². The molecule has 1 heterocycles. The summed E-state index contributed by atoms with van der Waals surface area (Å²) < 4.78 is 18.0. The summed E-state index contributed by atoms with van der Waals surface area (Å²) in [7, 11) is 0. The number of hydrogen-bond donors (Lipinski definition) is 0. The number of halogens is 2. The van der Waals surface area contributed by atoms with Crippen LogP contribution >= 0.6 is 34.2 Å². The predicted molar refractivity (Wildman–Crippen MR) is 145 cm³/mol. The van der Waals surface area contributed by atoms with Crippen molar-refractivity contribution in [2.75, 3.05) is 6.61 Å². The van der Waals surface area contributed by atoms with E-state index in [-0.39, 0.29) is 27.9 Å². The van der Waals surface area contributed by atoms with E-state index in [1.165, 1.54) is 18.2 Å². The zero-order chi connectivity index (χ0) is 25.8. The standard InChI is InChI=1S/C26H20ClIN2O6/c1-3-34-23-12-16(10-20(28)24(23)35-14-18-7-5-4-6-15(18)2)11-21-26(31)36-25(29-21)17-8-9-19(27)22(13-17)30(32)33/h4-13H,3,14H2,1-2H3/b21-11-. The van der Waals surface area contributed by atoms with Gasteiger partial charge in [0, 0.05) is 11.6 Å². The van der Waals surface area contributed by atoms with Gasteiger partial charge in [-0.25, -0.2) is 9.79 Å². The van der Waals surface area contributed by atoms with Crippen LogP contribution in [0.5, 0.6) is 11.5 Å². The van der Waals surface area contributed by atoms with Crippen LogP contribution in [0.25, 0.3) is 6.08 Å².